The fourth-order valence-electron chi connectivity index (χ4n) is 2.57. The summed E-state index contributed by atoms with van der Waals surface area (Å²) in [5, 5.41) is 11.0. The fraction of sp³-hybridized carbons (Fsp3) is 0.571. The van der Waals surface area contributed by atoms with Gasteiger partial charge in [-0.3, -0.25) is 0 Å². The summed E-state index contributed by atoms with van der Waals surface area (Å²) in [6.07, 6.45) is 2.37. The number of rotatable bonds is 4. The van der Waals surface area contributed by atoms with E-state index < -0.39 is 0 Å². The van der Waals surface area contributed by atoms with Crippen molar-refractivity contribution in [3.63, 3.8) is 0 Å². The number of hydrogen-bond donors (Lipinski definition) is 1. The highest BCUT2D eigenvalue weighted by Gasteiger charge is 2.32. The topological polar surface area (TPSA) is 29.5 Å². The minimum absolute atomic E-state index is 0.201. The van der Waals surface area contributed by atoms with Crippen LogP contribution in [0.4, 0.5) is 0 Å². The Morgan fingerprint density at radius 3 is 2.94 bits per heavy atom. The first-order valence-electron chi connectivity index (χ1n) is 6.25. The molecule has 0 aliphatic carbocycles. The van der Waals surface area contributed by atoms with E-state index in [0.717, 1.165) is 30.0 Å². The van der Waals surface area contributed by atoms with E-state index in [1.807, 2.05) is 24.3 Å². The molecule has 3 atom stereocenters. The minimum atomic E-state index is -0.359. The summed E-state index contributed by atoms with van der Waals surface area (Å²) >= 11 is 6.10. The normalized spacial score (nSPS) is 26.1. The molecule has 0 spiro atoms. The van der Waals surface area contributed by atoms with E-state index in [9.17, 15) is 5.11 Å². The highest BCUT2D eigenvalue weighted by atomic mass is 35.5. The molecule has 1 fully saturated rings. The molecule has 0 bridgehead atoms. The van der Waals surface area contributed by atoms with Crippen LogP contribution in [0.25, 0.3) is 0 Å². The Labute approximate surface area is 108 Å². The van der Waals surface area contributed by atoms with E-state index in [-0.39, 0.29) is 18.1 Å². The quantitative estimate of drug-likeness (QED) is 0.895. The summed E-state index contributed by atoms with van der Waals surface area (Å²) < 4.78 is 5.61. The molecule has 0 radical (unpaired) electrons. The molecule has 1 aromatic carbocycles. The van der Waals surface area contributed by atoms with Gasteiger partial charge in [-0.25, -0.2) is 0 Å². The molecule has 1 aromatic rings. The van der Waals surface area contributed by atoms with Gasteiger partial charge in [-0.2, -0.15) is 0 Å². The van der Waals surface area contributed by atoms with E-state index in [4.69, 9.17) is 16.3 Å². The van der Waals surface area contributed by atoms with Gasteiger partial charge in [0.25, 0.3) is 0 Å². The number of ether oxygens (including phenoxy) is 1. The monoisotopic (exact) mass is 254 g/mol. The van der Waals surface area contributed by atoms with Crippen LogP contribution in [-0.2, 0) is 11.2 Å². The SMILES string of the molecule is CCC1OCCC1C(O)Cc1ccccc1Cl. The molecule has 94 valence electrons. The third-order valence-electron chi connectivity index (χ3n) is 3.54. The predicted molar refractivity (Wildman–Crippen MR) is 69.3 cm³/mol. The summed E-state index contributed by atoms with van der Waals surface area (Å²) in [5.74, 6) is 0.247. The van der Waals surface area contributed by atoms with Gasteiger partial charge in [0.1, 0.15) is 0 Å². The van der Waals surface area contributed by atoms with E-state index in [2.05, 4.69) is 6.92 Å². The van der Waals surface area contributed by atoms with Crippen molar-refractivity contribution in [3.8, 4) is 0 Å². The molecule has 3 heteroatoms. The molecule has 0 amide bonds. The molecule has 1 heterocycles. The van der Waals surface area contributed by atoms with Gasteiger partial charge in [0.15, 0.2) is 0 Å². The standard InChI is InChI=1S/C14H19ClO2/c1-2-14-11(7-8-17-14)13(16)9-10-5-3-4-6-12(10)15/h3-6,11,13-14,16H,2,7-9H2,1H3. The molecule has 1 saturated heterocycles. The highest BCUT2D eigenvalue weighted by molar-refractivity contribution is 6.31. The second kappa shape index (κ2) is 5.85. The van der Waals surface area contributed by atoms with Crippen LogP contribution < -0.4 is 0 Å². The lowest BCUT2D eigenvalue weighted by atomic mass is 9.89. The van der Waals surface area contributed by atoms with Crippen molar-refractivity contribution in [2.75, 3.05) is 6.61 Å². The zero-order chi connectivity index (χ0) is 12.3. The summed E-state index contributed by atoms with van der Waals surface area (Å²) in [4.78, 5) is 0. The van der Waals surface area contributed by atoms with E-state index in [0.29, 0.717) is 6.42 Å². The van der Waals surface area contributed by atoms with Gasteiger partial charge in [0.05, 0.1) is 12.2 Å². The first kappa shape index (κ1) is 12.9. The third-order valence-corrected chi connectivity index (χ3v) is 3.91. The molecule has 1 aliphatic rings. The van der Waals surface area contributed by atoms with Gasteiger partial charge in [-0.1, -0.05) is 36.7 Å². The highest BCUT2D eigenvalue weighted by Crippen LogP contribution is 2.29. The Balaban J connectivity index is 2.01. The van der Waals surface area contributed by atoms with Crippen LogP contribution in [0.3, 0.4) is 0 Å². The summed E-state index contributed by atoms with van der Waals surface area (Å²) in [6.45, 7) is 2.87. The van der Waals surface area contributed by atoms with Crippen molar-refractivity contribution in [2.45, 2.75) is 38.4 Å². The van der Waals surface area contributed by atoms with Gasteiger partial charge in [-0.05, 0) is 24.5 Å². The molecule has 2 rings (SSSR count). The molecule has 17 heavy (non-hydrogen) atoms. The average Bonchev–Trinajstić information content (AvgIpc) is 2.80. The number of benzene rings is 1. The largest absolute Gasteiger partial charge is 0.392 e. The Bertz CT molecular complexity index is 367. The van der Waals surface area contributed by atoms with Crippen LogP contribution in [0.5, 0.6) is 0 Å². The minimum Gasteiger partial charge on any atom is -0.392 e. The Hall–Kier alpha value is -0.570. The number of aliphatic hydroxyl groups excluding tert-OH is 1. The van der Waals surface area contributed by atoms with Gasteiger partial charge in [-0.15, -0.1) is 0 Å². The zero-order valence-electron chi connectivity index (χ0n) is 10.1. The first-order valence-corrected chi connectivity index (χ1v) is 6.63. The summed E-state index contributed by atoms with van der Waals surface area (Å²) in [6, 6.07) is 7.70. The number of aliphatic hydroxyl groups is 1. The van der Waals surface area contributed by atoms with Crippen LogP contribution in [0, 0.1) is 5.92 Å². The van der Waals surface area contributed by atoms with Crippen LogP contribution >= 0.6 is 11.6 Å². The van der Waals surface area contributed by atoms with Gasteiger partial charge in [0, 0.05) is 24.0 Å². The third kappa shape index (κ3) is 3.01. The van der Waals surface area contributed by atoms with Crippen molar-refractivity contribution in [2.24, 2.45) is 5.92 Å². The zero-order valence-corrected chi connectivity index (χ0v) is 10.9. The molecule has 0 saturated carbocycles. The maximum atomic E-state index is 10.3. The molecule has 0 aromatic heterocycles. The van der Waals surface area contributed by atoms with Crippen molar-refractivity contribution < 1.29 is 9.84 Å². The molecular weight excluding hydrogens is 236 g/mol. The van der Waals surface area contributed by atoms with Crippen molar-refractivity contribution in [3.05, 3.63) is 34.9 Å². The lowest BCUT2D eigenvalue weighted by Gasteiger charge is -2.23. The Morgan fingerprint density at radius 2 is 2.24 bits per heavy atom. The summed E-state index contributed by atoms with van der Waals surface area (Å²) in [5.41, 5.74) is 1.02. The summed E-state index contributed by atoms with van der Waals surface area (Å²) in [7, 11) is 0. The number of hydrogen-bond acceptors (Lipinski definition) is 2. The first-order chi connectivity index (χ1) is 8.22. The van der Waals surface area contributed by atoms with Crippen LogP contribution in [0.2, 0.25) is 5.02 Å². The van der Waals surface area contributed by atoms with Gasteiger partial charge in [0.2, 0.25) is 0 Å². The Morgan fingerprint density at radius 1 is 1.47 bits per heavy atom. The van der Waals surface area contributed by atoms with Gasteiger partial charge >= 0.3 is 0 Å². The lowest BCUT2D eigenvalue weighted by Crippen LogP contribution is -2.29. The van der Waals surface area contributed by atoms with Gasteiger partial charge < -0.3 is 9.84 Å². The Kier molecular flexibility index (Phi) is 4.43. The molecule has 1 aliphatic heterocycles. The predicted octanol–water partition coefficient (Wildman–Crippen LogP) is 3.06. The van der Waals surface area contributed by atoms with Crippen molar-refractivity contribution in [1.29, 1.82) is 0 Å². The van der Waals surface area contributed by atoms with E-state index in [1.54, 1.807) is 0 Å². The number of halogens is 1. The fourth-order valence-corrected chi connectivity index (χ4v) is 2.78. The van der Waals surface area contributed by atoms with Crippen LogP contribution in [-0.4, -0.2) is 23.9 Å². The molecule has 1 N–H and O–H groups in total. The van der Waals surface area contributed by atoms with E-state index >= 15 is 0 Å². The van der Waals surface area contributed by atoms with Crippen LogP contribution in [0.15, 0.2) is 24.3 Å². The smallest absolute Gasteiger partial charge is 0.0634 e. The maximum absolute atomic E-state index is 10.3. The van der Waals surface area contributed by atoms with Crippen LogP contribution in [0.1, 0.15) is 25.3 Å². The lowest BCUT2D eigenvalue weighted by molar-refractivity contribution is 0.0318. The molecule has 2 nitrogen and oxygen atoms in total. The van der Waals surface area contributed by atoms with E-state index in [1.165, 1.54) is 0 Å². The average molecular weight is 255 g/mol. The second-order valence-electron chi connectivity index (χ2n) is 4.63. The molecular formula is C14H19ClO2. The second-order valence-corrected chi connectivity index (χ2v) is 5.04. The van der Waals surface area contributed by atoms with Crippen molar-refractivity contribution in [1.82, 2.24) is 0 Å². The molecule has 3 unspecified atom stereocenters. The maximum Gasteiger partial charge on any atom is 0.0634 e. The van der Waals surface area contributed by atoms with Crippen molar-refractivity contribution >= 4 is 11.6 Å².